The zero-order chi connectivity index (χ0) is 25.8. The minimum absolute atomic E-state index is 0.0463. The number of nitrogens with zero attached hydrogens (tertiary/aromatic N) is 1. The predicted molar refractivity (Wildman–Crippen MR) is 145 cm³/mol. The van der Waals surface area contributed by atoms with Crippen LogP contribution in [-0.2, 0) is 9.47 Å². The topological polar surface area (TPSA) is 58.9 Å². The summed E-state index contributed by atoms with van der Waals surface area (Å²) in [5.74, 6) is 1.71. The van der Waals surface area contributed by atoms with E-state index in [4.69, 9.17) is 18.9 Å². The second-order valence-corrected chi connectivity index (χ2v) is 10.6. The summed E-state index contributed by atoms with van der Waals surface area (Å²) in [6, 6.07) is 9.11. The highest BCUT2D eigenvalue weighted by molar-refractivity contribution is 5.57. The second-order valence-electron chi connectivity index (χ2n) is 10.6. The zero-order valence-corrected chi connectivity index (χ0v) is 22.1. The van der Waals surface area contributed by atoms with Gasteiger partial charge in [0.25, 0.3) is 5.56 Å². The SMILES string of the molecule is C=C(C)[C@@H]1CCC(C)=C[C@H]1c1c(OC2CCCCO2)cc(-n2ccccc2=O)cc1OC1CCCCO1. The summed E-state index contributed by atoms with van der Waals surface area (Å²) >= 11 is 0. The summed E-state index contributed by atoms with van der Waals surface area (Å²) in [6.45, 7) is 10.0. The zero-order valence-electron chi connectivity index (χ0n) is 22.1. The molecule has 198 valence electrons. The van der Waals surface area contributed by atoms with Gasteiger partial charge in [-0.2, -0.15) is 0 Å². The van der Waals surface area contributed by atoms with Gasteiger partial charge in [0.2, 0.25) is 0 Å². The fourth-order valence-electron chi connectivity index (χ4n) is 5.69. The van der Waals surface area contributed by atoms with E-state index in [1.54, 1.807) is 22.9 Å². The molecule has 2 unspecified atom stereocenters. The van der Waals surface area contributed by atoms with Crippen LogP contribution in [0.5, 0.6) is 11.5 Å². The van der Waals surface area contributed by atoms with E-state index in [0.717, 1.165) is 62.5 Å². The van der Waals surface area contributed by atoms with E-state index in [9.17, 15) is 4.79 Å². The van der Waals surface area contributed by atoms with Crippen molar-refractivity contribution in [3.05, 3.63) is 76.2 Å². The lowest BCUT2D eigenvalue weighted by molar-refractivity contribution is -0.110. The molecule has 0 N–H and O–H groups in total. The van der Waals surface area contributed by atoms with E-state index in [0.29, 0.717) is 30.4 Å². The van der Waals surface area contributed by atoms with Crippen LogP contribution in [0.1, 0.15) is 76.7 Å². The van der Waals surface area contributed by atoms with Crippen LogP contribution in [0.2, 0.25) is 0 Å². The summed E-state index contributed by atoms with van der Waals surface area (Å²) in [5.41, 5.74) is 4.09. The average Bonchev–Trinajstić information content (AvgIpc) is 2.90. The Kier molecular flexibility index (Phi) is 8.16. The number of hydrogen-bond acceptors (Lipinski definition) is 5. The van der Waals surface area contributed by atoms with Crippen LogP contribution in [0, 0.1) is 5.92 Å². The lowest BCUT2D eigenvalue weighted by atomic mass is 9.74. The smallest absolute Gasteiger partial charge is 0.255 e. The molecule has 1 aromatic heterocycles. The Morgan fingerprint density at radius 1 is 0.973 bits per heavy atom. The molecule has 2 saturated heterocycles. The second kappa shape index (κ2) is 11.7. The van der Waals surface area contributed by atoms with E-state index in [1.807, 2.05) is 18.2 Å². The van der Waals surface area contributed by atoms with Crippen LogP contribution in [-0.4, -0.2) is 30.4 Å². The van der Waals surface area contributed by atoms with Crippen LogP contribution in [0.25, 0.3) is 5.69 Å². The van der Waals surface area contributed by atoms with E-state index in [1.165, 1.54) is 5.57 Å². The third-order valence-electron chi connectivity index (χ3n) is 7.70. The van der Waals surface area contributed by atoms with E-state index in [2.05, 4.69) is 26.5 Å². The molecular formula is C31H39NO5. The van der Waals surface area contributed by atoms with Crippen molar-refractivity contribution in [2.45, 2.75) is 83.7 Å². The molecule has 3 aliphatic rings. The van der Waals surface area contributed by atoms with Crippen LogP contribution >= 0.6 is 0 Å². The van der Waals surface area contributed by atoms with Gasteiger partial charge in [0.15, 0.2) is 12.6 Å². The molecule has 37 heavy (non-hydrogen) atoms. The highest BCUT2D eigenvalue weighted by Gasteiger charge is 2.33. The molecule has 0 saturated carbocycles. The van der Waals surface area contributed by atoms with Crippen molar-refractivity contribution >= 4 is 0 Å². The third-order valence-corrected chi connectivity index (χ3v) is 7.70. The maximum Gasteiger partial charge on any atom is 0.255 e. The monoisotopic (exact) mass is 505 g/mol. The Labute approximate surface area is 219 Å². The third kappa shape index (κ3) is 6.02. The number of ether oxygens (including phenoxy) is 4. The number of allylic oxidation sites excluding steroid dienone is 3. The average molecular weight is 506 g/mol. The fraction of sp³-hybridized carbons (Fsp3) is 0.516. The summed E-state index contributed by atoms with van der Waals surface area (Å²) < 4.78 is 26.8. The summed E-state index contributed by atoms with van der Waals surface area (Å²) in [6.07, 6.45) is 11.4. The first kappa shape index (κ1) is 25.8. The highest BCUT2D eigenvalue weighted by Crippen LogP contribution is 2.48. The Morgan fingerprint density at radius 3 is 2.16 bits per heavy atom. The number of pyridine rings is 1. The summed E-state index contributed by atoms with van der Waals surface area (Å²) in [5, 5.41) is 0. The minimum atomic E-state index is -0.328. The van der Waals surface area contributed by atoms with Crippen molar-refractivity contribution in [2.75, 3.05) is 13.2 Å². The molecule has 2 fully saturated rings. The molecule has 5 rings (SSSR count). The molecule has 2 aromatic rings. The van der Waals surface area contributed by atoms with Crippen molar-refractivity contribution in [2.24, 2.45) is 5.92 Å². The van der Waals surface area contributed by atoms with Gasteiger partial charge in [0.05, 0.1) is 18.9 Å². The van der Waals surface area contributed by atoms with Gasteiger partial charge in [-0.15, -0.1) is 0 Å². The standard InChI is InChI=1S/C31H39NO5/c1-21(2)24-14-13-22(3)18-25(24)31-26(36-29-11-5-8-16-34-29)19-23(32-15-7-4-10-28(32)33)20-27(31)37-30-12-6-9-17-35-30/h4,7,10,15,18-20,24-25,29-30H,1,5-6,8-9,11-14,16-17H2,2-3H3/t24-,25+,29?,30?/m0/s1. The number of rotatable bonds is 7. The molecule has 2 aliphatic heterocycles. The molecule has 6 heteroatoms. The normalized spacial score (nSPS) is 26.3. The molecule has 0 amide bonds. The van der Waals surface area contributed by atoms with E-state index < -0.39 is 0 Å². The van der Waals surface area contributed by atoms with Crippen molar-refractivity contribution in [1.82, 2.24) is 4.57 Å². The molecule has 3 heterocycles. The van der Waals surface area contributed by atoms with Crippen LogP contribution in [0.15, 0.2) is 65.1 Å². The van der Waals surface area contributed by atoms with Gasteiger partial charge < -0.3 is 18.9 Å². The Balaban J connectivity index is 1.68. The van der Waals surface area contributed by atoms with Crippen LogP contribution in [0.3, 0.4) is 0 Å². The lowest BCUT2D eigenvalue weighted by Gasteiger charge is -2.35. The number of hydrogen-bond donors (Lipinski definition) is 0. The molecular weight excluding hydrogens is 466 g/mol. The maximum absolute atomic E-state index is 12.8. The maximum atomic E-state index is 12.8. The van der Waals surface area contributed by atoms with E-state index >= 15 is 0 Å². The highest BCUT2D eigenvalue weighted by atomic mass is 16.7. The van der Waals surface area contributed by atoms with Gasteiger partial charge in [0, 0.05) is 48.7 Å². The molecule has 1 aromatic carbocycles. The Bertz CT molecular complexity index is 1150. The molecule has 0 bridgehead atoms. The number of aromatic nitrogens is 1. The van der Waals surface area contributed by atoms with E-state index in [-0.39, 0.29) is 30.0 Å². The largest absolute Gasteiger partial charge is 0.464 e. The van der Waals surface area contributed by atoms with Crippen molar-refractivity contribution in [3.63, 3.8) is 0 Å². The minimum Gasteiger partial charge on any atom is -0.464 e. The Hall–Kier alpha value is -2.83. The molecule has 0 spiro atoms. The van der Waals surface area contributed by atoms with Gasteiger partial charge in [-0.1, -0.05) is 29.9 Å². The quantitative estimate of drug-likeness (QED) is 0.394. The molecule has 4 atom stereocenters. The van der Waals surface area contributed by atoms with Gasteiger partial charge in [-0.3, -0.25) is 9.36 Å². The summed E-state index contributed by atoms with van der Waals surface area (Å²) in [4.78, 5) is 12.8. The van der Waals surface area contributed by atoms with Gasteiger partial charge in [-0.25, -0.2) is 0 Å². The fourth-order valence-corrected chi connectivity index (χ4v) is 5.69. The van der Waals surface area contributed by atoms with Crippen molar-refractivity contribution < 1.29 is 18.9 Å². The van der Waals surface area contributed by atoms with Crippen LogP contribution in [0.4, 0.5) is 0 Å². The predicted octanol–water partition coefficient (Wildman–Crippen LogP) is 6.66. The summed E-state index contributed by atoms with van der Waals surface area (Å²) in [7, 11) is 0. The Morgan fingerprint density at radius 2 is 1.62 bits per heavy atom. The van der Waals surface area contributed by atoms with Gasteiger partial charge >= 0.3 is 0 Å². The van der Waals surface area contributed by atoms with Gasteiger partial charge in [0.1, 0.15) is 11.5 Å². The lowest BCUT2D eigenvalue weighted by Crippen LogP contribution is -2.29. The van der Waals surface area contributed by atoms with Crippen molar-refractivity contribution in [1.29, 1.82) is 0 Å². The van der Waals surface area contributed by atoms with Crippen LogP contribution < -0.4 is 15.0 Å². The first-order chi connectivity index (χ1) is 18.0. The molecule has 0 radical (unpaired) electrons. The number of benzene rings is 1. The van der Waals surface area contributed by atoms with Gasteiger partial charge in [-0.05, 0) is 64.4 Å². The molecule has 6 nitrogen and oxygen atoms in total. The first-order valence-corrected chi connectivity index (χ1v) is 13.7. The van der Waals surface area contributed by atoms with Crippen molar-refractivity contribution in [3.8, 4) is 17.2 Å². The first-order valence-electron chi connectivity index (χ1n) is 13.7. The molecule has 1 aliphatic carbocycles.